The fourth-order valence-electron chi connectivity index (χ4n) is 2.35. The zero-order valence-electron chi connectivity index (χ0n) is 10.4. The molecule has 0 spiro atoms. The van der Waals surface area contributed by atoms with E-state index in [2.05, 4.69) is 17.4 Å². The Bertz CT molecular complexity index is 364. The van der Waals surface area contributed by atoms with Crippen molar-refractivity contribution in [2.24, 2.45) is 5.92 Å². The summed E-state index contributed by atoms with van der Waals surface area (Å²) >= 11 is 0. The molecule has 1 heterocycles. The minimum Gasteiger partial charge on any atom is -0.338 e. The number of carbonyl (C=O) groups excluding carboxylic acids is 1. The second-order valence-corrected chi connectivity index (χ2v) is 4.62. The molecule has 3 nitrogen and oxygen atoms in total. The smallest absolute Gasteiger partial charge is 0.226 e. The summed E-state index contributed by atoms with van der Waals surface area (Å²) in [5.41, 5.74) is 1.22. The summed E-state index contributed by atoms with van der Waals surface area (Å²) in [5.74, 6) is 0.551. The van der Waals surface area contributed by atoms with Gasteiger partial charge in [0.2, 0.25) is 5.91 Å². The van der Waals surface area contributed by atoms with Gasteiger partial charge in [-0.1, -0.05) is 30.3 Å². The van der Waals surface area contributed by atoms with Crippen LogP contribution in [0.1, 0.15) is 18.4 Å². The SMILES string of the molecule is CNCC[C@H]1CCN(Cc2ccccc2)C1=O. The van der Waals surface area contributed by atoms with Crippen LogP contribution >= 0.6 is 0 Å². The Hall–Kier alpha value is -1.35. The summed E-state index contributed by atoms with van der Waals surface area (Å²) < 4.78 is 0. The Morgan fingerprint density at radius 1 is 1.35 bits per heavy atom. The number of amides is 1. The summed E-state index contributed by atoms with van der Waals surface area (Å²) in [7, 11) is 1.93. The lowest BCUT2D eigenvalue weighted by Crippen LogP contribution is -2.28. The van der Waals surface area contributed by atoms with Crippen LogP contribution in [0.5, 0.6) is 0 Å². The van der Waals surface area contributed by atoms with Gasteiger partial charge in [0.15, 0.2) is 0 Å². The van der Waals surface area contributed by atoms with Crippen LogP contribution in [0.3, 0.4) is 0 Å². The molecule has 1 N–H and O–H groups in total. The molecule has 1 aromatic rings. The van der Waals surface area contributed by atoms with Crippen LogP contribution in [0.4, 0.5) is 0 Å². The van der Waals surface area contributed by atoms with Crippen LogP contribution < -0.4 is 5.32 Å². The Morgan fingerprint density at radius 3 is 2.82 bits per heavy atom. The molecule has 1 aliphatic rings. The Kier molecular flexibility index (Phi) is 4.15. The van der Waals surface area contributed by atoms with E-state index in [-0.39, 0.29) is 5.92 Å². The van der Waals surface area contributed by atoms with E-state index >= 15 is 0 Å². The Balaban J connectivity index is 1.89. The molecule has 1 amide bonds. The van der Waals surface area contributed by atoms with Crippen LogP contribution in [0, 0.1) is 5.92 Å². The largest absolute Gasteiger partial charge is 0.338 e. The maximum Gasteiger partial charge on any atom is 0.226 e. The zero-order chi connectivity index (χ0) is 12.1. The molecule has 0 bridgehead atoms. The lowest BCUT2D eigenvalue weighted by molar-refractivity contribution is -0.131. The van der Waals surface area contributed by atoms with Crippen LogP contribution in [-0.2, 0) is 11.3 Å². The van der Waals surface area contributed by atoms with Crippen molar-refractivity contribution in [3.63, 3.8) is 0 Å². The monoisotopic (exact) mass is 232 g/mol. The van der Waals surface area contributed by atoms with Crippen molar-refractivity contribution in [3.8, 4) is 0 Å². The summed E-state index contributed by atoms with van der Waals surface area (Å²) in [4.78, 5) is 14.1. The highest BCUT2D eigenvalue weighted by Crippen LogP contribution is 2.22. The normalized spacial score (nSPS) is 19.9. The number of rotatable bonds is 5. The fourth-order valence-corrected chi connectivity index (χ4v) is 2.35. The molecular weight excluding hydrogens is 212 g/mol. The molecule has 0 aliphatic carbocycles. The minimum absolute atomic E-state index is 0.228. The van der Waals surface area contributed by atoms with E-state index in [9.17, 15) is 4.79 Å². The number of hydrogen-bond acceptors (Lipinski definition) is 2. The summed E-state index contributed by atoms with van der Waals surface area (Å²) in [5, 5.41) is 3.11. The first kappa shape index (κ1) is 12.1. The van der Waals surface area contributed by atoms with Gasteiger partial charge in [-0.2, -0.15) is 0 Å². The average molecular weight is 232 g/mol. The van der Waals surface area contributed by atoms with Crippen molar-refractivity contribution >= 4 is 5.91 Å². The van der Waals surface area contributed by atoms with E-state index < -0.39 is 0 Å². The standard InChI is InChI=1S/C14H20N2O/c1-15-9-7-13-8-10-16(14(13)17)11-12-5-3-2-4-6-12/h2-6,13,15H,7-11H2,1H3/t13-/m0/s1. The molecule has 1 aliphatic heterocycles. The maximum absolute atomic E-state index is 12.1. The highest BCUT2D eigenvalue weighted by atomic mass is 16.2. The van der Waals surface area contributed by atoms with Gasteiger partial charge in [-0.05, 0) is 32.0 Å². The first-order valence-electron chi connectivity index (χ1n) is 6.28. The lowest BCUT2D eigenvalue weighted by Gasteiger charge is -2.16. The predicted molar refractivity (Wildman–Crippen MR) is 68.5 cm³/mol. The minimum atomic E-state index is 0.228. The molecule has 0 saturated carbocycles. The molecule has 1 saturated heterocycles. The number of likely N-dealkylation sites (tertiary alicyclic amines) is 1. The molecule has 1 atom stereocenters. The third-order valence-electron chi connectivity index (χ3n) is 3.37. The molecule has 2 rings (SSSR count). The lowest BCUT2D eigenvalue weighted by atomic mass is 10.0. The molecule has 1 aromatic carbocycles. The number of nitrogens with zero attached hydrogens (tertiary/aromatic N) is 1. The number of nitrogens with one attached hydrogen (secondary N) is 1. The summed E-state index contributed by atoms with van der Waals surface area (Å²) in [6.07, 6.45) is 1.97. The first-order valence-corrected chi connectivity index (χ1v) is 6.28. The molecule has 0 unspecified atom stereocenters. The van der Waals surface area contributed by atoms with Gasteiger partial charge in [0.1, 0.15) is 0 Å². The third-order valence-corrected chi connectivity index (χ3v) is 3.37. The zero-order valence-corrected chi connectivity index (χ0v) is 10.4. The van der Waals surface area contributed by atoms with Gasteiger partial charge in [-0.25, -0.2) is 0 Å². The molecular formula is C14H20N2O. The van der Waals surface area contributed by atoms with Gasteiger partial charge in [-0.3, -0.25) is 4.79 Å². The number of carbonyl (C=O) groups is 1. The van der Waals surface area contributed by atoms with Crippen molar-refractivity contribution < 1.29 is 4.79 Å². The van der Waals surface area contributed by atoms with E-state index in [4.69, 9.17) is 0 Å². The van der Waals surface area contributed by atoms with E-state index in [1.165, 1.54) is 5.56 Å². The second-order valence-electron chi connectivity index (χ2n) is 4.62. The van der Waals surface area contributed by atoms with Crippen LogP contribution in [0.25, 0.3) is 0 Å². The van der Waals surface area contributed by atoms with Crippen molar-refractivity contribution in [1.82, 2.24) is 10.2 Å². The van der Waals surface area contributed by atoms with Gasteiger partial charge in [-0.15, -0.1) is 0 Å². The second kappa shape index (κ2) is 5.82. The van der Waals surface area contributed by atoms with Crippen LogP contribution in [0.15, 0.2) is 30.3 Å². The van der Waals surface area contributed by atoms with Crippen molar-refractivity contribution in [1.29, 1.82) is 0 Å². The Morgan fingerprint density at radius 2 is 2.12 bits per heavy atom. The third kappa shape index (κ3) is 3.07. The van der Waals surface area contributed by atoms with Gasteiger partial charge < -0.3 is 10.2 Å². The number of benzene rings is 1. The highest BCUT2D eigenvalue weighted by molar-refractivity contribution is 5.80. The van der Waals surface area contributed by atoms with Crippen LogP contribution in [-0.4, -0.2) is 30.9 Å². The average Bonchev–Trinajstić information content (AvgIpc) is 2.70. The van der Waals surface area contributed by atoms with E-state index in [1.807, 2.05) is 30.1 Å². The van der Waals surface area contributed by atoms with Gasteiger partial charge in [0.25, 0.3) is 0 Å². The van der Waals surface area contributed by atoms with Gasteiger partial charge >= 0.3 is 0 Å². The van der Waals surface area contributed by atoms with Crippen molar-refractivity contribution in [2.45, 2.75) is 19.4 Å². The van der Waals surface area contributed by atoms with Crippen LogP contribution in [0.2, 0.25) is 0 Å². The molecule has 17 heavy (non-hydrogen) atoms. The molecule has 92 valence electrons. The first-order chi connectivity index (χ1) is 8.31. The van der Waals surface area contributed by atoms with Gasteiger partial charge in [0.05, 0.1) is 0 Å². The summed E-state index contributed by atoms with van der Waals surface area (Å²) in [6.45, 7) is 2.59. The van der Waals surface area contributed by atoms with E-state index in [0.29, 0.717) is 5.91 Å². The highest BCUT2D eigenvalue weighted by Gasteiger charge is 2.30. The predicted octanol–water partition coefficient (Wildman–Crippen LogP) is 1.64. The fraction of sp³-hybridized carbons (Fsp3) is 0.500. The van der Waals surface area contributed by atoms with E-state index in [1.54, 1.807) is 0 Å². The van der Waals surface area contributed by atoms with Crippen molar-refractivity contribution in [3.05, 3.63) is 35.9 Å². The Labute approximate surface area is 103 Å². The van der Waals surface area contributed by atoms with Gasteiger partial charge in [0, 0.05) is 19.0 Å². The quantitative estimate of drug-likeness (QED) is 0.837. The molecule has 3 heteroatoms. The van der Waals surface area contributed by atoms with E-state index in [0.717, 1.165) is 32.5 Å². The molecule has 0 radical (unpaired) electrons. The molecule has 0 aromatic heterocycles. The maximum atomic E-state index is 12.1. The van der Waals surface area contributed by atoms with Crippen molar-refractivity contribution in [2.75, 3.05) is 20.1 Å². The topological polar surface area (TPSA) is 32.3 Å². The molecule has 1 fully saturated rings. The summed E-state index contributed by atoms with van der Waals surface area (Å²) in [6, 6.07) is 10.2. The number of hydrogen-bond donors (Lipinski definition) is 1.